The highest BCUT2D eigenvalue weighted by Gasteiger charge is 2.26. The highest BCUT2D eigenvalue weighted by Crippen LogP contribution is 2.44. The number of thiophene rings is 1. The smallest absolute Gasteiger partial charge is 0.216 e. The van der Waals surface area contributed by atoms with Crippen molar-refractivity contribution in [3.05, 3.63) is 152 Å². The summed E-state index contributed by atoms with van der Waals surface area (Å²) in [5, 5.41) is 20.5. The largest absolute Gasteiger partial charge is 0.242 e. The van der Waals surface area contributed by atoms with Gasteiger partial charge in [-0.05, 0) is 72.1 Å². The second kappa shape index (κ2) is 9.29. The summed E-state index contributed by atoms with van der Waals surface area (Å²) >= 11 is 1.76. The van der Waals surface area contributed by atoms with E-state index in [0.717, 1.165) is 21.6 Å². The summed E-state index contributed by atoms with van der Waals surface area (Å²) in [6.45, 7) is 0. The molecule has 3 nitrogen and oxygen atoms in total. The number of aromatic nitrogens is 3. The van der Waals surface area contributed by atoms with Gasteiger partial charge in [-0.15, -0.1) is 16.1 Å². The zero-order valence-corrected chi connectivity index (χ0v) is 26.0. The monoisotopic (exact) mass is 615 g/mol. The summed E-state index contributed by atoms with van der Waals surface area (Å²) in [7, 11) is 0. The molecule has 0 atom stereocenters. The van der Waals surface area contributed by atoms with Gasteiger partial charge < -0.3 is 0 Å². The molecule has 0 spiro atoms. The van der Waals surface area contributed by atoms with Gasteiger partial charge >= 0.3 is 0 Å². The molecule has 0 N–H and O–H groups in total. The van der Waals surface area contributed by atoms with Crippen LogP contribution in [0.5, 0.6) is 0 Å². The standard InChI is InChI=1S/C43H25N3S/c1-2-13-27(14-3-1)41-40-34-20-10-11-21-37(34)47-43(40)44-46(41)45-36-25-24-33-31-18-7-6-16-29(31)30-17-8-9-19-32(30)38(33)39(36)35-23-22-26-12-4-5-15-28(26)42(35)45/h1-25H. The molecule has 11 aromatic rings. The Balaban J connectivity index is 1.42. The average Bonchev–Trinajstić information content (AvgIpc) is 3.79. The topological polar surface area (TPSA) is 22.9 Å². The summed E-state index contributed by atoms with van der Waals surface area (Å²) in [5.41, 5.74) is 4.56. The van der Waals surface area contributed by atoms with Crippen LogP contribution < -0.4 is 9.89 Å². The normalized spacial score (nSPS) is 12.3. The maximum absolute atomic E-state index is 5.47. The van der Waals surface area contributed by atoms with Gasteiger partial charge in [-0.3, -0.25) is 0 Å². The molecular formula is C43H25N3S. The Bertz CT molecular complexity index is 3030. The summed E-state index contributed by atoms with van der Waals surface area (Å²) < 4.78 is 3.64. The third-order valence-electron chi connectivity index (χ3n) is 9.93. The molecule has 0 saturated heterocycles. The van der Waals surface area contributed by atoms with Gasteiger partial charge in [0.05, 0.1) is 10.2 Å². The predicted molar refractivity (Wildman–Crippen MR) is 199 cm³/mol. The van der Waals surface area contributed by atoms with E-state index >= 15 is 0 Å². The van der Waals surface area contributed by atoms with Crippen molar-refractivity contribution in [2.45, 2.75) is 0 Å². The number of rotatable bonds is 2. The third kappa shape index (κ3) is 3.32. The van der Waals surface area contributed by atoms with Gasteiger partial charge in [0.2, 0.25) is 5.69 Å². The van der Waals surface area contributed by atoms with Crippen molar-refractivity contribution >= 4 is 96.5 Å². The van der Waals surface area contributed by atoms with Crippen molar-refractivity contribution in [1.29, 1.82) is 0 Å². The molecule has 0 unspecified atom stereocenters. The first-order valence-electron chi connectivity index (χ1n) is 16.0. The van der Waals surface area contributed by atoms with Crippen molar-refractivity contribution in [3.63, 3.8) is 0 Å². The lowest BCUT2D eigenvalue weighted by Crippen LogP contribution is -2.46. The van der Waals surface area contributed by atoms with Crippen LogP contribution in [0.15, 0.2) is 152 Å². The highest BCUT2D eigenvalue weighted by molar-refractivity contribution is 7.25. The number of hydrogen-bond acceptors (Lipinski definition) is 1. The minimum Gasteiger partial charge on any atom is -0.216 e. The summed E-state index contributed by atoms with van der Waals surface area (Å²) in [4.78, 5) is 3.23. The lowest BCUT2D eigenvalue weighted by atomic mass is 9.91. The molecule has 218 valence electrons. The van der Waals surface area contributed by atoms with Crippen LogP contribution in [-0.4, -0.2) is 4.68 Å². The fourth-order valence-electron chi connectivity index (χ4n) is 8.00. The molecule has 0 amide bonds. The Morgan fingerprint density at radius 1 is 0.447 bits per heavy atom. The van der Waals surface area contributed by atoms with Crippen LogP contribution in [0.2, 0.25) is 0 Å². The van der Waals surface area contributed by atoms with Crippen molar-refractivity contribution in [1.82, 2.24) is 9.77 Å². The Labute approximate surface area is 273 Å². The molecule has 3 aromatic heterocycles. The second-order valence-corrected chi connectivity index (χ2v) is 13.4. The molecule has 8 aromatic carbocycles. The van der Waals surface area contributed by atoms with Gasteiger partial charge in [0.25, 0.3) is 0 Å². The first-order chi connectivity index (χ1) is 23.3. The van der Waals surface area contributed by atoms with Crippen molar-refractivity contribution in [2.24, 2.45) is 0 Å². The van der Waals surface area contributed by atoms with E-state index in [1.165, 1.54) is 74.9 Å². The number of nitrogens with zero attached hydrogens (tertiary/aromatic N) is 3. The van der Waals surface area contributed by atoms with Crippen molar-refractivity contribution in [2.75, 3.05) is 0 Å². The average molecular weight is 616 g/mol. The van der Waals surface area contributed by atoms with E-state index in [2.05, 4.69) is 161 Å². The SMILES string of the molecule is c1ccc(-c2c3c([n-][n+]2-n2c4ccc5c6ccccc6c6ccccc6c5c4c4ccc5ccccc5c42)sc2ccccc23)cc1. The fraction of sp³-hybridized carbons (Fsp3) is 0. The molecule has 4 heteroatoms. The number of hydrogen-bond donors (Lipinski definition) is 0. The molecule has 0 saturated carbocycles. The molecule has 0 bridgehead atoms. The summed E-state index contributed by atoms with van der Waals surface area (Å²) in [6, 6.07) is 55.1. The van der Waals surface area contributed by atoms with Gasteiger partial charge in [-0.25, -0.2) is 4.68 Å². The van der Waals surface area contributed by atoms with Gasteiger partial charge in [0.15, 0.2) is 0 Å². The molecule has 0 fully saturated rings. The lowest BCUT2D eigenvalue weighted by molar-refractivity contribution is -0.765. The van der Waals surface area contributed by atoms with Crippen LogP contribution in [-0.2, 0) is 0 Å². The third-order valence-corrected chi connectivity index (χ3v) is 11.0. The minimum absolute atomic E-state index is 1.04. The zero-order valence-electron chi connectivity index (χ0n) is 25.2. The quantitative estimate of drug-likeness (QED) is 0.140. The molecular weight excluding hydrogens is 591 g/mol. The number of benzene rings is 8. The minimum atomic E-state index is 1.04. The van der Waals surface area contributed by atoms with Crippen LogP contribution >= 0.6 is 11.3 Å². The van der Waals surface area contributed by atoms with E-state index in [1.54, 1.807) is 11.3 Å². The molecule has 0 radical (unpaired) electrons. The first kappa shape index (κ1) is 25.2. The molecule has 0 aliphatic carbocycles. The van der Waals surface area contributed by atoms with E-state index in [9.17, 15) is 0 Å². The fourth-order valence-corrected chi connectivity index (χ4v) is 9.07. The Morgan fingerprint density at radius 3 is 1.83 bits per heavy atom. The Morgan fingerprint density at radius 2 is 1.04 bits per heavy atom. The molecule has 11 rings (SSSR count). The number of fused-ring (bicyclic) bond motifs is 15. The van der Waals surface area contributed by atoms with E-state index in [-0.39, 0.29) is 0 Å². The summed E-state index contributed by atoms with van der Waals surface area (Å²) in [5.74, 6) is 0. The van der Waals surface area contributed by atoms with Crippen molar-refractivity contribution < 1.29 is 4.79 Å². The summed E-state index contributed by atoms with van der Waals surface area (Å²) in [6.07, 6.45) is 0. The van der Waals surface area contributed by atoms with E-state index < -0.39 is 0 Å². The molecule has 0 aliphatic heterocycles. The Kier molecular flexibility index (Phi) is 4.99. The second-order valence-electron chi connectivity index (χ2n) is 12.4. The van der Waals surface area contributed by atoms with Gasteiger partial charge in [-0.1, -0.05) is 133 Å². The van der Waals surface area contributed by atoms with Crippen LogP contribution in [0, 0.1) is 0 Å². The molecule has 3 heterocycles. The Hall–Kier alpha value is -5.97. The maximum atomic E-state index is 5.47. The lowest BCUT2D eigenvalue weighted by Gasteiger charge is -2.14. The predicted octanol–water partition coefficient (Wildman–Crippen LogP) is 11.0. The van der Waals surface area contributed by atoms with Crippen LogP contribution in [0.1, 0.15) is 0 Å². The van der Waals surface area contributed by atoms with Crippen LogP contribution in [0.4, 0.5) is 0 Å². The van der Waals surface area contributed by atoms with Gasteiger partial charge in [0.1, 0.15) is 0 Å². The van der Waals surface area contributed by atoms with Crippen LogP contribution in [0.25, 0.3) is 96.5 Å². The van der Waals surface area contributed by atoms with Gasteiger partial charge in [-0.2, -0.15) is 5.10 Å². The van der Waals surface area contributed by atoms with E-state index in [1.807, 2.05) is 0 Å². The van der Waals surface area contributed by atoms with E-state index in [0.29, 0.717) is 0 Å². The van der Waals surface area contributed by atoms with Crippen molar-refractivity contribution in [3.8, 4) is 11.3 Å². The first-order valence-corrected chi connectivity index (χ1v) is 16.8. The van der Waals surface area contributed by atoms with E-state index in [4.69, 9.17) is 5.10 Å². The molecule has 47 heavy (non-hydrogen) atoms. The zero-order chi connectivity index (χ0) is 30.6. The highest BCUT2D eigenvalue weighted by atomic mass is 32.1. The maximum Gasteiger partial charge on any atom is 0.242 e. The van der Waals surface area contributed by atoms with Gasteiger partial charge in [0, 0.05) is 26.7 Å². The molecule has 0 aliphatic rings. The van der Waals surface area contributed by atoms with Crippen LogP contribution in [0.3, 0.4) is 0 Å².